The van der Waals surface area contributed by atoms with Crippen molar-refractivity contribution in [1.29, 1.82) is 0 Å². The van der Waals surface area contributed by atoms with E-state index in [0.717, 1.165) is 13.0 Å². The van der Waals surface area contributed by atoms with Crippen molar-refractivity contribution in [3.63, 3.8) is 0 Å². The third kappa shape index (κ3) is 5.54. The zero-order valence-corrected chi connectivity index (χ0v) is 11.3. The van der Waals surface area contributed by atoms with Gasteiger partial charge in [0, 0.05) is 25.2 Å². The highest BCUT2D eigenvalue weighted by Crippen LogP contribution is 2.20. The summed E-state index contributed by atoms with van der Waals surface area (Å²) in [6.07, 6.45) is -3.20. The van der Waals surface area contributed by atoms with E-state index in [1.807, 2.05) is 0 Å². The minimum Gasteiger partial charge on any atom is -0.371 e. The lowest BCUT2D eigenvalue weighted by Gasteiger charge is -2.40. The van der Waals surface area contributed by atoms with E-state index in [9.17, 15) is 13.2 Å². The number of rotatable bonds is 5. The van der Waals surface area contributed by atoms with Gasteiger partial charge in [0.05, 0.1) is 6.61 Å². The number of halogens is 3. The Labute approximate surface area is 107 Å². The summed E-state index contributed by atoms with van der Waals surface area (Å²) in [5, 5.41) is 3.29. The summed E-state index contributed by atoms with van der Waals surface area (Å²) >= 11 is 0. The van der Waals surface area contributed by atoms with Gasteiger partial charge in [-0.25, -0.2) is 0 Å². The molecule has 3 atom stereocenters. The Kier molecular flexibility index (Phi) is 5.88. The number of hydrogen-bond acceptors (Lipinski definition) is 3. The number of alkyl halides is 3. The smallest absolute Gasteiger partial charge is 0.371 e. The summed E-state index contributed by atoms with van der Waals surface area (Å²) in [6.45, 7) is 4.77. The van der Waals surface area contributed by atoms with Crippen LogP contribution in [0.15, 0.2) is 0 Å². The Bertz CT molecular complexity index is 248. The first-order valence-corrected chi connectivity index (χ1v) is 6.37. The number of nitrogens with one attached hydrogen (secondary N) is 1. The van der Waals surface area contributed by atoms with Gasteiger partial charge < -0.3 is 15.0 Å². The van der Waals surface area contributed by atoms with Crippen molar-refractivity contribution >= 4 is 0 Å². The monoisotopic (exact) mass is 268 g/mol. The van der Waals surface area contributed by atoms with E-state index in [4.69, 9.17) is 0 Å². The highest BCUT2D eigenvalue weighted by molar-refractivity contribution is 4.85. The molecule has 0 amide bonds. The minimum absolute atomic E-state index is 0.104. The molecule has 1 rings (SSSR count). The summed E-state index contributed by atoms with van der Waals surface area (Å²) in [5.74, 6) is 0.508. The Hall–Kier alpha value is -0.330. The van der Waals surface area contributed by atoms with E-state index in [0.29, 0.717) is 24.5 Å². The first kappa shape index (κ1) is 15.7. The van der Waals surface area contributed by atoms with Crippen LogP contribution in [0, 0.1) is 5.92 Å². The standard InChI is InChI=1S/C12H23F3N2O/c1-9-7-17(3)10(2)6-11(9)16-4-5-18-8-12(13,14)15/h9-11,16H,4-8H2,1-3H3. The highest BCUT2D eigenvalue weighted by Gasteiger charge is 2.29. The van der Waals surface area contributed by atoms with Crippen molar-refractivity contribution in [1.82, 2.24) is 10.2 Å². The topological polar surface area (TPSA) is 24.5 Å². The fourth-order valence-corrected chi connectivity index (χ4v) is 2.33. The molecule has 0 spiro atoms. The third-order valence-corrected chi connectivity index (χ3v) is 3.53. The molecule has 6 heteroatoms. The molecule has 1 heterocycles. The van der Waals surface area contributed by atoms with Gasteiger partial charge in [0.2, 0.25) is 0 Å². The molecule has 3 nitrogen and oxygen atoms in total. The van der Waals surface area contributed by atoms with Crippen LogP contribution < -0.4 is 5.32 Å². The molecule has 0 bridgehead atoms. The van der Waals surface area contributed by atoms with Gasteiger partial charge in [-0.2, -0.15) is 13.2 Å². The van der Waals surface area contributed by atoms with Gasteiger partial charge in [-0.15, -0.1) is 0 Å². The van der Waals surface area contributed by atoms with Crippen molar-refractivity contribution in [3.05, 3.63) is 0 Å². The summed E-state index contributed by atoms with van der Waals surface area (Å²) in [7, 11) is 2.10. The number of piperidine rings is 1. The molecule has 0 aromatic carbocycles. The molecule has 1 aliphatic rings. The quantitative estimate of drug-likeness (QED) is 0.771. The fourth-order valence-electron chi connectivity index (χ4n) is 2.33. The molecular weight excluding hydrogens is 245 g/mol. The first-order chi connectivity index (χ1) is 8.29. The molecule has 0 aromatic heterocycles. The largest absolute Gasteiger partial charge is 0.411 e. The van der Waals surface area contributed by atoms with Gasteiger partial charge in [0.25, 0.3) is 0 Å². The minimum atomic E-state index is -4.23. The van der Waals surface area contributed by atoms with E-state index < -0.39 is 12.8 Å². The second-order valence-corrected chi connectivity index (χ2v) is 5.23. The number of nitrogens with zero attached hydrogens (tertiary/aromatic N) is 1. The predicted octanol–water partition coefficient (Wildman–Crippen LogP) is 1.88. The van der Waals surface area contributed by atoms with E-state index >= 15 is 0 Å². The third-order valence-electron chi connectivity index (χ3n) is 3.53. The lowest BCUT2D eigenvalue weighted by molar-refractivity contribution is -0.173. The maximum Gasteiger partial charge on any atom is 0.411 e. The highest BCUT2D eigenvalue weighted by atomic mass is 19.4. The summed E-state index contributed by atoms with van der Waals surface area (Å²) < 4.78 is 40.1. The van der Waals surface area contributed by atoms with Crippen molar-refractivity contribution in [3.8, 4) is 0 Å². The van der Waals surface area contributed by atoms with Crippen LogP contribution in [0.2, 0.25) is 0 Å². The van der Waals surface area contributed by atoms with Gasteiger partial charge in [-0.3, -0.25) is 0 Å². The molecule has 1 fully saturated rings. The Balaban J connectivity index is 2.15. The van der Waals surface area contributed by atoms with Crippen LogP contribution in [0.4, 0.5) is 13.2 Å². The van der Waals surface area contributed by atoms with Gasteiger partial charge >= 0.3 is 6.18 Å². The zero-order chi connectivity index (χ0) is 13.8. The zero-order valence-electron chi connectivity index (χ0n) is 11.3. The van der Waals surface area contributed by atoms with Crippen LogP contribution in [-0.2, 0) is 4.74 Å². The van der Waals surface area contributed by atoms with E-state index in [1.54, 1.807) is 0 Å². The number of likely N-dealkylation sites (tertiary alicyclic amines) is 1. The second kappa shape index (κ2) is 6.73. The van der Waals surface area contributed by atoms with Crippen LogP contribution in [0.5, 0.6) is 0 Å². The van der Waals surface area contributed by atoms with Crippen molar-refractivity contribution < 1.29 is 17.9 Å². The van der Waals surface area contributed by atoms with Gasteiger partial charge in [-0.1, -0.05) is 6.92 Å². The van der Waals surface area contributed by atoms with E-state index in [-0.39, 0.29) is 6.61 Å². The fraction of sp³-hybridized carbons (Fsp3) is 1.00. The molecule has 0 aromatic rings. The van der Waals surface area contributed by atoms with Gasteiger partial charge in [0.1, 0.15) is 6.61 Å². The summed E-state index contributed by atoms with van der Waals surface area (Å²) in [4.78, 5) is 2.31. The van der Waals surface area contributed by atoms with Crippen molar-refractivity contribution in [2.24, 2.45) is 5.92 Å². The molecule has 0 saturated carbocycles. The Morgan fingerprint density at radius 1 is 1.33 bits per heavy atom. The Morgan fingerprint density at radius 2 is 2.00 bits per heavy atom. The van der Waals surface area contributed by atoms with Crippen molar-refractivity contribution in [2.45, 2.75) is 38.5 Å². The van der Waals surface area contributed by atoms with Crippen LogP contribution in [0.25, 0.3) is 0 Å². The van der Waals surface area contributed by atoms with Crippen LogP contribution in [0.1, 0.15) is 20.3 Å². The molecule has 1 saturated heterocycles. The van der Waals surface area contributed by atoms with E-state index in [1.165, 1.54) is 0 Å². The molecule has 0 radical (unpaired) electrons. The normalized spacial score (nSPS) is 30.7. The van der Waals surface area contributed by atoms with Gasteiger partial charge in [0.15, 0.2) is 0 Å². The Morgan fingerprint density at radius 3 is 2.61 bits per heavy atom. The molecule has 108 valence electrons. The van der Waals surface area contributed by atoms with Crippen LogP contribution in [0.3, 0.4) is 0 Å². The molecule has 0 aliphatic carbocycles. The van der Waals surface area contributed by atoms with Gasteiger partial charge in [-0.05, 0) is 26.3 Å². The molecule has 3 unspecified atom stereocenters. The van der Waals surface area contributed by atoms with Crippen LogP contribution >= 0.6 is 0 Å². The second-order valence-electron chi connectivity index (χ2n) is 5.23. The average Bonchev–Trinajstić information content (AvgIpc) is 2.23. The predicted molar refractivity (Wildman–Crippen MR) is 64.5 cm³/mol. The van der Waals surface area contributed by atoms with Crippen LogP contribution in [-0.4, -0.2) is 56.5 Å². The summed E-state index contributed by atoms with van der Waals surface area (Å²) in [6, 6.07) is 0.875. The SMILES string of the molecule is CC1CN(C)C(C)CC1NCCOCC(F)(F)F. The maximum atomic E-state index is 11.8. The molecular formula is C12H23F3N2O. The van der Waals surface area contributed by atoms with E-state index in [2.05, 4.69) is 35.8 Å². The summed E-state index contributed by atoms with van der Waals surface area (Å²) in [5.41, 5.74) is 0. The number of ether oxygens (including phenoxy) is 1. The first-order valence-electron chi connectivity index (χ1n) is 6.37. The lowest BCUT2D eigenvalue weighted by atomic mass is 9.90. The molecule has 1 aliphatic heterocycles. The van der Waals surface area contributed by atoms with Crippen molar-refractivity contribution in [2.75, 3.05) is 33.4 Å². The maximum absolute atomic E-state index is 11.8. The molecule has 18 heavy (non-hydrogen) atoms. The number of hydrogen-bond donors (Lipinski definition) is 1. The molecule has 1 N–H and O–H groups in total. The average molecular weight is 268 g/mol. The lowest BCUT2D eigenvalue weighted by Crippen LogP contribution is -2.51.